The van der Waals surface area contributed by atoms with E-state index >= 15 is 0 Å². The van der Waals surface area contributed by atoms with E-state index in [2.05, 4.69) is 74.3 Å². The van der Waals surface area contributed by atoms with E-state index in [0.29, 0.717) is 0 Å². The Balaban J connectivity index is 5.58. The van der Waals surface area contributed by atoms with Crippen LogP contribution in [0, 0.1) is 0 Å². The number of ether oxygens (including phenoxy) is 1. The van der Waals surface area contributed by atoms with Crippen LogP contribution >= 0.6 is 69.6 Å². The summed E-state index contributed by atoms with van der Waals surface area (Å²) >= 11 is 27.0. The number of rotatable bonds is 4. The fourth-order valence-electron chi connectivity index (χ4n) is 0.511. The quantitative estimate of drug-likeness (QED) is 0.441. The van der Waals surface area contributed by atoms with Crippen LogP contribution in [-0.2, 0) is 4.74 Å². The lowest BCUT2D eigenvalue weighted by molar-refractivity contribution is -0.302. The van der Waals surface area contributed by atoms with Gasteiger partial charge >= 0.3 is 25.7 Å². The summed E-state index contributed by atoms with van der Waals surface area (Å²) in [6, 6.07) is 0. The third-order valence-corrected chi connectivity index (χ3v) is 3.62. The number of alkyl halides is 12. The van der Waals surface area contributed by atoms with Crippen molar-refractivity contribution in [2.24, 2.45) is 0 Å². The van der Waals surface area contributed by atoms with E-state index < -0.39 is 25.7 Å². The molecule has 0 rings (SSSR count). The Labute approximate surface area is 126 Å². The minimum Gasteiger partial charge on any atom is -0.292 e. The van der Waals surface area contributed by atoms with Crippen LogP contribution in [0.25, 0.3) is 0 Å². The lowest BCUT2D eigenvalue weighted by Gasteiger charge is -2.38. The molecule has 0 radical (unpaired) electrons. The summed E-state index contributed by atoms with van der Waals surface area (Å²) in [5, 5.41) is -9.35. The fraction of sp³-hybridized carbons (Fsp3) is 1.00. The minimum atomic E-state index is -5.89. The molecule has 0 aliphatic rings. The molecule has 2 atom stereocenters. The fourth-order valence-corrected chi connectivity index (χ4v) is 1.14. The van der Waals surface area contributed by atoms with E-state index in [0.717, 1.165) is 0 Å². The molecule has 0 bridgehead atoms. The van der Waals surface area contributed by atoms with E-state index in [4.69, 9.17) is 0 Å². The maximum absolute atomic E-state index is 13.2. The summed E-state index contributed by atoms with van der Waals surface area (Å²) in [4.78, 5) is 0. The van der Waals surface area contributed by atoms with Gasteiger partial charge in [-0.15, -0.1) is 0 Å². The van der Waals surface area contributed by atoms with Crippen molar-refractivity contribution in [1.29, 1.82) is 0 Å². The molecule has 110 valence electrons. The van der Waals surface area contributed by atoms with Gasteiger partial charge in [0.25, 0.3) is 0 Å². The SMILES string of the molecule is FC(F)(F)C(Cl)(OC(F)(Cl)C(F)(Cl)Cl)C(F)(Cl)Cl. The van der Waals surface area contributed by atoms with Gasteiger partial charge in [0.15, 0.2) is 0 Å². The summed E-state index contributed by atoms with van der Waals surface area (Å²) in [6.07, 6.45) is -5.89. The number of hydrogen-bond donors (Lipinski definition) is 0. The molecule has 1 nitrogen and oxygen atoms in total. The molecule has 0 aliphatic carbocycles. The Kier molecular flexibility index (Phi) is 5.61. The van der Waals surface area contributed by atoms with Crippen LogP contribution in [0.4, 0.5) is 26.3 Å². The third-order valence-electron chi connectivity index (χ3n) is 1.33. The molecule has 0 N–H and O–H groups in total. The van der Waals surface area contributed by atoms with E-state index in [1.54, 1.807) is 0 Å². The Bertz CT molecular complexity index is 291. The van der Waals surface area contributed by atoms with Gasteiger partial charge in [-0.25, -0.2) is 4.39 Å². The Hall–Kier alpha value is 1.28. The molecular weight excluding hydrogens is 403 g/mol. The first-order valence-corrected chi connectivity index (χ1v) is 5.69. The smallest absolute Gasteiger partial charge is 0.292 e. The van der Waals surface area contributed by atoms with Crippen LogP contribution < -0.4 is 0 Å². The van der Waals surface area contributed by atoms with Gasteiger partial charge in [0.05, 0.1) is 0 Å². The van der Waals surface area contributed by atoms with Crippen LogP contribution in [0.2, 0.25) is 0 Å². The van der Waals surface area contributed by atoms with E-state index in [1.165, 1.54) is 0 Å². The topological polar surface area (TPSA) is 9.23 Å². The number of halogens is 12. The molecule has 0 saturated carbocycles. The highest BCUT2D eigenvalue weighted by Gasteiger charge is 2.73. The molecule has 0 aromatic heterocycles. The second-order valence-corrected chi connectivity index (χ2v) is 6.20. The molecular formula is C5Cl6F6O. The molecule has 0 amide bonds. The molecule has 0 aromatic carbocycles. The Morgan fingerprint density at radius 1 is 0.611 bits per heavy atom. The molecule has 0 aromatic rings. The minimum absolute atomic E-state index is 3.18. The Morgan fingerprint density at radius 2 is 0.944 bits per heavy atom. The average Bonchev–Trinajstić information content (AvgIpc) is 1.95. The van der Waals surface area contributed by atoms with E-state index in [-0.39, 0.29) is 0 Å². The molecule has 0 spiro atoms. The first-order chi connectivity index (χ1) is 7.46. The van der Waals surface area contributed by atoms with Crippen LogP contribution in [-0.4, -0.2) is 25.7 Å². The lowest BCUT2D eigenvalue weighted by atomic mass is 10.3. The highest BCUT2D eigenvalue weighted by molar-refractivity contribution is 6.53. The lowest BCUT2D eigenvalue weighted by Crippen LogP contribution is -2.58. The van der Waals surface area contributed by atoms with Crippen molar-refractivity contribution < 1.29 is 31.1 Å². The third kappa shape index (κ3) is 3.90. The van der Waals surface area contributed by atoms with Gasteiger partial charge < -0.3 is 0 Å². The predicted octanol–water partition coefficient (Wildman–Crippen LogP) is 5.56. The van der Waals surface area contributed by atoms with Crippen molar-refractivity contribution >= 4 is 69.6 Å². The van der Waals surface area contributed by atoms with Crippen molar-refractivity contribution in [1.82, 2.24) is 0 Å². The molecule has 0 aliphatic heterocycles. The summed E-state index contributed by atoms with van der Waals surface area (Å²) in [7, 11) is 0. The molecule has 0 heterocycles. The van der Waals surface area contributed by atoms with Crippen LogP contribution in [0.15, 0.2) is 0 Å². The second-order valence-electron chi connectivity index (χ2n) is 2.71. The highest BCUT2D eigenvalue weighted by Crippen LogP contribution is 2.56. The zero-order valence-electron chi connectivity index (χ0n) is 7.44. The predicted molar refractivity (Wildman–Crippen MR) is 56.5 cm³/mol. The van der Waals surface area contributed by atoms with Crippen LogP contribution in [0.5, 0.6) is 0 Å². The van der Waals surface area contributed by atoms with Gasteiger partial charge in [0, 0.05) is 0 Å². The van der Waals surface area contributed by atoms with Gasteiger partial charge in [-0.2, -0.15) is 22.0 Å². The largest absolute Gasteiger partial charge is 0.437 e. The maximum atomic E-state index is 13.2. The summed E-state index contributed by atoms with van der Waals surface area (Å²) in [5.41, 5.74) is 0. The van der Waals surface area contributed by atoms with Gasteiger partial charge in [0.1, 0.15) is 0 Å². The maximum Gasteiger partial charge on any atom is 0.437 e. The van der Waals surface area contributed by atoms with E-state index in [1.807, 2.05) is 0 Å². The zero-order chi connectivity index (χ0) is 15.2. The molecule has 2 unspecified atom stereocenters. The van der Waals surface area contributed by atoms with Gasteiger partial charge in [-0.1, -0.05) is 58.0 Å². The summed E-state index contributed by atoms with van der Waals surface area (Å²) in [6.45, 7) is 0. The van der Waals surface area contributed by atoms with Gasteiger partial charge in [-0.3, -0.25) is 4.74 Å². The molecule has 18 heavy (non-hydrogen) atoms. The summed E-state index contributed by atoms with van der Waals surface area (Å²) < 4.78 is 70.7. The standard InChI is InChI=1S/C5Cl6F6O/c6-1(2(7,8)12,5(15,16)17)18-4(11,14)3(9,10)13. The highest BCUT2D eigenvalue weighted by atomic mass is 35.5. The molecule has 0 fully saturated rings. The second kappa shape index (κ2) is 5.24. The first-order valence-electron chi connectivity index (χ1n) is 3.43. The monoisotopic (exact) mass is 400 g/mol. The summed E-state index contributed by atoms with van der Waals surface area (Å²) in [5.74, 6) is 0. The molecule has 0 saturated heterocycles. The molecule has 13 heteroatoms. The average molecular weight is 403 g/mol. The van der Waals surface area contributed by atoms with E-state index in [9.17, 15) is 26.3 Å². The van der Waals surface area contributed by atoms with Crippen LogP contribution in [0.3, 0.4) is 0 Å². The zero-order valence-corrected chi connectivity index (χ0v) is 12.0. The first kappa shape index (κ1) is 19.3. The van der Waals surface area contributed by atoms with Gasteiger partial charge in [-0.05, 0) is 11.6 Å². The van der Waals surface area contributed by atoms with Crippen molar-refractivity contribution in [2.45, 2.75) is 25.7 Å². The van der Waals surface area contributed by atoms with Crippen molar-refractivity contribution in [3.63, 3.8) is 0 Å². The number of hydrogen-bond acceptors (Lipinski definition) is 1. The van der Waals surface area contributed by atoms with Crippen molar-refractivity contribution in [2.75, 3.05) is 0 Å². The normalized spacial score (nSPS) is 21.3. The van der Waals surface area contributed by atoms with Crippen LogP contribution in [0.1, 0.15) is 0 Å². The Morgan fingerprint density at radius 3 is 1.11 bits per heavy atom. The van der Waals surface area contributed by atoms with Gasteiger partial charge in [0.2, 0.25) is 0 Å². The van der Waals surface area contributed by atoms with Crippen molar-refractivity contribution in [3.8, 4) is 0 Å². The van der Waals surface area contributed by atoms with Crippen molar-refractivity contribution in [3.05, 3.63) is 0 Å².